The molecule has 102 valence electrons. The van der Waals surface area contributed by atoms with Crippen molar-refractivity contribution in [1.29, 1.82) is 0 Å². The van der Waals surface area contributed by atoms with Gasteiger partial charge in [0.2, 0.25) is 0 Å². The maximum absolute atomic E-state index is 11.3. The summed E-state index contributed by atoms with van der Waals surface area (Å²) in [7, 11) is 0. The van der Waals surface area contributed by atoms with Crippen molar-refractivity contribution in [2.24, 2.45) is 11.3 Å². The van der Waals surface area contributed by atoms with Gasteiger partial charge in [-0.15, -0.1) is 0 Å². The highest BCUT2D eigenvalue weighted by Gasteiger charge is 2.32. The van der Waals surface area contributed by atoms with Gasteiger partial charge in [0, 0.05) is 11.5 Å². The van der Waals surface area contributed by atoms with Crippen molar-refractivity contribution in [2.45, 2.75) is 59.8 Å². The van der Waals surface area contributed by atoms with Crippen LogP contribution in [0.15, 0.2) is 23.3 Å². The van der Waals surface area contributed by atoms with Crippen molar-refractivity contribution in [1.82, 2.24) is 0 Å². The molecule has 0 aromatic heterocycles. The van der Waals surface area contributed by atoms with E-state index in [1.54, 1.807) is 0 Å². The number of unbranched alkanes of at least 4 members (excludes halogenated alkanes) is 1. The summed E-state index contributed by atoms with van der Waals surface area (Å²) in [6, 6.07) is 0. The summed E-state index contributed by atoms with van der Waals surface area (Å²) in [6.07, 6.45) is 9.18. The van der Waals surface area contributed by atoms with Crippen LogP contribution in [0.25, 0.3) is 0 Å². The Morgan fingerprint density at radius 2 is 2.22 bits per heavy atom. The lowest BCUT2D eigenvalue weighted by Gasteiger charge is -2.37. The Hall–Kier alpha value is -1.05. The second-order valence-electron chi connectivity index (χ2n) is 6.05. The molecule has 0 heterocycles. The van der Waals surface area contributed by atoms with Crippen molar-refractivity contribution in [3.63, 3.8) is 0 Å². The smallest absolute Gasteiger partial charge is 0.331 e. The molecule has 1 atom stereocenters. The molecule has 0 aliphatic heterocycles. The molecule has 1 unspecified atom stereocenters. The molecule has 1 rings (SSSR count). The fraction of sp³-hybridized carbons (Fsp3) is 0.688. The maximum atomic E-state index is 11.3. The highest BCUT2D eigenvalue weighted by Crippen LogP contribution is 2.42. The topological polar surface area (TPSA) is 37.3 Å². The van der Waals surface area contributed by atoms with E-state index in [2.05, 4.69) is 33.8 Å². The first-order chi connectivity index (χ1) is 8.38. The van der Waals surface area contributed by atoms with Crippen LogP contribution in [-0.4, -0.2) is 11.1 Å². The van der Waals surface area contributed by atoms with Gasteiger partial charge in [0.25, 0.3) is 0 Å². The van der Waals surface area contributed by atoms with Gasteiger partial charge in [0.05, 0.1) is 0 Å². The molecular weight excluding hydrogens is 224 g/mol. The molecule has 0 amide bonds. The van der Waals surface area contributed by atoms with Gasteiger partial charge in [-0.25, -0.2) is 4.79 Å². The van der Waals surface area contributed by atoms with Crippen LogP contribution in [0.2, 0.25) is 0 Å². The summed E-state index contributed by atoms with van der Waals surface area (Å²) >= 11 is 0. The lowest BCUT2D eigenvalue weighted by atomic mass is 9.68. The number of allylic oxidation sites excluding steroid dienone is 3. The SMILES string of the molecule is CCCCC(=CC1C(C)=CCCC1(C)C)C(=O)O. The van der Waals surface area contributed by atoms with Crippen molar-refractivity contribution in [2.75, 3.05) is 0 Å². The van der Waals surface area contributed by atoms with E-state index in [0.717, 1.165) is 25.7 Å². The zero-order valence-electron chi connectivity index (χ0n) is 12.1. The Bertz CT molecular complexity index is 361. The van der Waals surface area contributed by atoms with E-state index in [1.807, 2.05) is 6.08 Å². The van der Waals surface area contributed by atoms with Crippen LogP contribution in [0.5, 0.6) is 0 Å². The Morgan fingerprint density at radius 3 is 2.72 bits per heavy atom. The number of carbonyl (C=O) groups is 1. The minimum atomic E-state index is -0.752. The molecule has 2 nitrogen and oxygen atoms in total. The minimum absolute atomic E-state index is 0.172. The lowest BCUT2D eigenvalue weighted by molar-refractivity contribution is -0.132. The first-order valence-electron chi connectivity index (χ1n) is 6.99. The Labute approximate surface area is 111 Å². The van der Waals surface area contributed by atoms with Gasteiger partial charge in [-0.05, 0) is 38.0 Å². The molecular formula is C16H26O2. The predicted octanol–water partition coefficient (Wildman–Crippen LogP) is 4.57. The number of carboxylic acids is 1. The molecule has 0 aromatic carbocycles. The van der Waals surface area contributed by atoms with Crippen LogP contribution >= 0.6 is 0 Å². The van der Waals surface area contributed by atoms with Crippen LogP contribution in [0.4, 0.5) is 0 Å². The maximum Gasteiger partial charge on any atom is 0.331 e. The Kier molecular flexibility index (Phi) is 5.18. The summed E-state index contributed by atoms with van der Waals surface area (Å²) in [5.74, 6) is -0.480. The van der Waals surface area contributed by atoms with Crippen LogP contribution in [0, 0.1) is 11.3 Å². The van der Waals surface area contributed by atoms with Gasteiger partial charge < -0.3 is 5.11 Å². The number of aliphatic carboxylic acids is 1. The third kappa shape index (κ3) is 3.72. The van der Waals surface area contributed by atoms with E-state index in [1.165, 1.54) is 5.57 Å². The highest BCUT2D eigenvalue weighted by molar-refractivity contribution is 5.86. The van der Waals surface area contributed by atoms with E-state index in [4.69, 9.17) is 0 Å². The van der Waals surface area contributed by atoms with Crippen LogP contribution in [0.1, 0.15) is 59.8 Å². The minimum Gasteiger partial charge on any atom is -0.478 e. The molecule has 0 saturated heterocycles. The molecule has 1 aliphatic rings. The summed E-state index contributed by atoms with van der Waals surface area (Å²) in [6.45, 7) is 8.70. The third-order valence-corrected chi connectivity index (χ3v) is 4.03. The molecule has 0 spiro atoms. The van der Waals surface area contributed by atoms with E-state index < -0.39 is 5.97 Å². The molecule has 0 aromatic rings. The molecule has 0 radical (unpaired) electrons. The zero-order valence-corrected chi connectivity index (χ0v) is 12.1. The van der Waals surface area contributed by atoms with Gasteiger partial charge in [-0.1, -0.05) is 44.9 Å². The molecule has 0 fully saturated rings. The van der Waals surface area contributed by atoms with E-state index in [0.29, 0.717) is 12.0 Å². The average molecular weight is 250 g/mol. The number of hydrogen-bond acceptors (Lipinski definition) is 1. The van der Waals surface area contributed by atoms with Crippen molar-refractivity contribution >= 4 is 5.97 Å². The van der Waals surface area contributed by atoms with Gasteiger partial charge in [-0.2, -0.15) is 0 Å². The van der Waals surface area contributed by atoms with Crippen LogP contribution in [0.3, 0.4) is 0 Å². The summed E-state index contributed by atoms with van der Waals surface area (Å²) in [5.41, 5.74) is 2.08. The Morgan fingerprint density at radius 1 is 1.56 bits per heavy atom. The lowest BCUT2D eigenvalue weighted by Crippen LogP contribution is -2.27. The number of carboxylic acid groups (broad SMARTS) is 1. The fourth-order valence-electron chi connectivity index (χ4n) is 2.76. The van der Waals surface area contributed by atoms with E-state index in [9.17, 15) is 9.90 Å². The monoisotopic (exact) mass is 250 g/mol. The van der Waals surface area contributed by atoms with E-state index >= 15 is 0 Å². The second-order valence-corrected chi connectivity index (χ2v) is 6.05. The summed E-state index contributed by atoms with van der Waals surface area (Å²) < 4.78 is 0. The normalized spacial score (nSPS) is 23.7. The first kappa shape index (κ1) is 15.0. The zero-order chi connectivity index (χ0) is 13.8. The molecule has 18 heavy (non-hydrogen) atoms. The van der Waals surface area contributed by atoms with Crippen LogP contribution in [-0.2, 0) is 4.79 Å². The second kappa shape index (κ2) is 6.21. The van der Waals surface area contributed by atoms with Gasteiger partial charge in [0.1, 0.15) is 0 Å². The van der Waals surface area contributed by atoms with Gasteiger partial charge >= 0.3 is 5.97 Å². The standard InChI is InChI=1S/C16H26O2/c1-5-6-9-13(15(17)18)11-14-12(2)8-7-10-16(14,3)4/h8,11,14H,5-7,9-10H2,1-4H3,(H,17,18). The highest BCUT2D eigenvalue weighted by atomic mass is 16.4. The molecule has 0 saturated carbocycles. The average Bonchev–Trinajstić information content (AvgIpc) is 2.26. The van der Waals surface area contributed by atoms with E-state index in [-0.39, 0.29) is 11.3 Å². The largest absolute Gasteiger partial charge is 0.478 e. The molecule has 1 N–H and O–H groups in total. The molecule has 1 aliphatic carbocycles. The first-order valence-corrected chi connectivity index (χ1v) is 6.99. The molecule has 2 heteroatoms. The predicted molar refractivity (Wildman–Crippen MR) is 75.5 cm³/mol. The summed E-state index contributed by atoms with van der Waals surface area (Å²) in [5, 5.41) is 9.30. The molecule has 0 bridgehead atoms. The quantitative estimate of drug-likeness (QED) is 0.573. The van der Waals surface area contributed by atoms with Crippen LogP contribution < -0.4 is 0 Å². The Balaban J connectivity index is 2.97. The van der Waals surface area contributed by atoms with Gasteiger partial charge in [0.15, 0.2) is 0 Å². The van der Waals surface area contributed by atoms with Gasteiger partial charge in [-0.3, -0.25) is 0 Å². The van der Waals surface area contributed by atoms with Crippen molar-refractivity contribution in [3.05, 3.63) is 23.3 Å². The number of hydrogen-bond donors (Lipinski definition) is 1. The van der Waals surface area contributed by atoms with Crippen molar-refractivity contribution < 1.29 is 9.90 Å². The fourth-order valence-corrected chi connectivity index (χ4v) is 2.76. The summed E-state index contributed by atoms with van der Waals surface area (Å²) in [4.78, 5) is 11.3. The van der Waals surface area contributed by atoms with Crippen molar-refractivity contribution in [3.8, 4) is 0 Å². The number of rotatable bonds is 5. The third-order valence-electron chi connectivity index (χ3n) is 4.03.